The molecule has 2 nitrogen and oxygen atoms in total. The van der Waals surface area contributed by atoms with Gasteiger partial charge in [0, 0.05) is 5.92 Å². The van der Waals surface area contributed by atoms with E-state index in [1.54, 1.807) is 0 Å². The average molecular weight is 297 g/mol. The molecule has 0 aromatic heterocycles. The minimum absolute atomic E-state index is 0.275. The molecule has 0 aromatic rings. The van der Waals surface area contributed by atoms with E-state index >= 15 is 0 Å². The van der Waals surface area contributed by atoms with Crippen LogP contribution >= 0.6 is 0 Å². The van der Waals surface area contributed by atoms with Gasteiger partial charge in [0.2, 0.25) is 8.32 Å². The molecule has 2 rings (SSSR count). The van der Waals surface area contributed by atoms with Crippen LogP contribution in [0.4, 0.5) is 0 Å². The summed E-state index contributed by atoms with van der Waals surface area (Å²) in [5.41, 5.74) is 1.91. The second-order valence-corrected chi connectivity index (χ2v) is 13.3. The van der Waals surface area contributed by atoms with Crippen LogP contribution in [0.3, 0.4) is 0 Å². The van der Waals surface area contributed by atoms with Gasteiger partial charge in [-0.15, -0.1) is 0 Å². The Morgan fingerprint density at radius 2 is 1.55 bits per heavy atom. The third kappa shape index (κ3) is 2.41. The van der Waals surface area contributed by atoms with Gasteiger partial charge >= 0.3 is 0 Å². The number of carbonyl (C=O) groups is 1. The topological polar surface area (TPSA) is 26.3 Å². The van der Waals surface area contributed by atoms with Gasteiger partial charge in [-0.1, -0.05) is 41.5 Å². The first-order chi connectivity index (χ1) is 9.34. The quantitative estimate of drug-likeness (QED) is 0.520. The van der Waals surface area contributed by atoms with Crippen molar-refractivity contribution in [1.29, 1.82) is 0 Å². The van der Waals surface area contributed by atoms with E-state index < -0.39 is 8.32 Å². The zero-order chi connectivity index (χ0) is 15.1. The zero-order valence-corrected chi connectivity index (χ0v) is 15.1. The lowest BCUT2D eigenvalue weighted by Gasteiger charge is -2.45. The number of carbonyl (C=O) groups excluding carboxylic acids is 1. The van der Waals surface area contributed by atoms with E-state index in [2.05, 4.69) is 41.5 Å². The van der Waals surface area contributed by atoms with Crippen molar-refractivity contribution in [3.05, 3.63) is 0 Å². The summed E-state index contributed by atoms with van der Waals surface area (Å²) in [5.74, 6) is 1.44. The molecule has 0 unspecified atom stereocenters. The lowest BCUT2D eigenvalue weighted by molar-refractivity contribution is -0.112. The first-order valence-corrected chi connectivity index (χ1v) is 10.6. The third-order valence-corrected chi connectivity index (χ3v) is 12.2. The van der Waals surface area contributed by atoms with E-state index in [0.29, 0.717) is 34.6 Å². The van der Waals surface area contributed by atoms with Crippen molar-refractivity contribution in [2.45, 2.75) is 83.5 Å². The van der Waals surface area contributed by atoms with Crippen molar-refractivity contribution >= 4 is 14.6 Å². The summed E-state index contributed by atoms with van der Waals surface area (Å²) in [6.45, 7) is 14.1. The fraction of sp³-hybridized carbons (Fsp3) is 0.941. The van der Waals surface area contributed by atoms with Gasteiger partial charge in [0.25, 0.3) is 0 Å². The predicted octanol–water partition coefficient (Wildman–Crippen LogP) is 4.79. The fourth-order valence-electron chi connectivity index (χ4n) is 5.30. The van der Waals surface area contributed by atoms with Gasteiger partial charge in [-0.2, -0.15) is 0 Å². The van der Waals surface area contributed by atoms with Crippen LogP contribution in [0.2, 0.25) is 16.6 Å². The SMILES string of the molecule is CC(C)[Si](O[C@H]1[C@@H]2CC[C@H]1[C@@H](C=O)C2)(C(C)C)C(C)C. The van der Waals surface area contributed by atoms with E-state index in [1.165, 1.54) is 19.1 Å². The maximum Gasteiger partial charge on any atom is 0.200 e. The molecule has 0 N–H and O–H groups in total. The maximum atomic E-state index is 11.3. The first-order valence-electron chi connectivity index (χ1n) is 8.47. The minimum Gasteiger partial charge on any atom is -0.413 e. The number of rotatable bonds is 6. The second kappa shape index (κ2) is 5.92. The summed E-state index contributed by atoms with van der Waals surface area (Å²) in [5, 5.41) is 0. The fourth-order valence-corrected chi connectivity index (χ4v) is 11.0. The third-order valence-electron chi connectivity index (χ3n) is 6.10. The Kier molecular flexibility index (Phi) is 4.80. The van der Waals surface area contributed by atoms with Gasteiger partial charge in [0.15, 0.2) is 0 Å². The maximum absolute atomic E-state index is 11.3. The molecule has 0 spiro atoms. The molecular weight excluding hydrogens is 264 g/mol. The number of hydrogen-bond donors (Lipinski definition) is 0. The van der Waals surface area contributed by atoms with Crippen LogP contribution in [-0.2, 0) is 9.22 Å². The van der Waals surface area contributed by atoms with Crippen LogP contribution in [0.15, 0.2) is 0 Å². The van der Waals surface area contributed by atoms with Crippen molar-refractivity contribution in [2.24, 2.45) is 17.8 Å². The van der Waals surface area contributed by atoms with Crippen molar-refractivity contribution in [1.82, 2.24) is 0 Å². The van der Waals surface area contributed by atoms with Crippen LogP contribution in [0.5, 0.6) is 0 Å². The summed E-state index contributed by atoms with van der Waals surface area (Å²) >= 11 is 0. The second-order valence-electron chi connectivity index (χ2n) is 7.94. The molecule has 0 radical (unpaired) electrons. The van der Waals surface area contributed by atoms with E-state index in [1.807, 2.05) is 0 Å². The molecular formula is C17H32O2Si. The molecule has 2 saturated carbocycles. The van der Waals surface area contributed by atoms with Gasteiger partial charge in [-0.3, -0.25) is 0 Å². The molecule has 2 aliphatic rings. The molecule has 4 atom stereocenters. The number of hydrogen-bond acceptors (Lipinski definition) is 2. The molecule has 3 heteroatoms. The van der Waals surface area contributed by atoms with E-state index in [0.717, 1.165) is 6.42 Å². The monoisotopic (exact) mass is 296 g/mol. The van der Waals surface area contributed by atoms with Crippen LogP contribution in [0, 0.1) is 17.8 Å². The van der Waals surface area contributed by atoms with Gasteiger partial charge in [-0.25, -0.2) is 0 Å². The van der Waals surface area contributed by atoms with Crippen LogP contribution < -0.4 is 0 Å². The molecule has 0 heterocycles. The van der Waals surface area contributed by atoms with E-state index in [9.17, 15) is 4.79 Å². The largest absolute Gasteiger partial charge is 0.413 e. The Balaban J connectivity index is 2.23. The lowest BCUT2D eigenvalue weighted by atomic mass is 9.90. The molecule has 2 bridgehead atoms. The highest BCUT2D eigenvalue weighted by atomic mass is 28.4. The number of aldehydes is 1. The summed E-state index contributed by atoms with van der Waals surface area (Å²) in [6, 6.07) is 0. The summed E-state index contributed by atoms with van der Waals surface area (Å²) in [7, 11) is -1.79. The molecule has 2 fully saturated rings. The summed E-state index contributed by atoms with van der Waals surface area (Å²) in [4.78, 5) is 11.3. The van der Waals surface area contributed by atoms with Crippen molar-refractivity contribution in [2.75, 3.05) is 0 Å². The van der Waals surface area contributed by atoms with Crippen molar-refractivity contribution in [3.63, 3.8) is 0 Å². The molecule has 20 heavy (non-hydrogen) atoms. The Morgan fingerprint density at radius 3 is 1.95 bits per heavy atom. The molecule has 0 amide bonds. The smallest absolute Gasteiger partial charge is 0.200 e. The Labute approximate surface area is 125 Å². The Bertz CT molecular complexity index is 329. The zero-order valence-electron chi connectivity index (χ0n) is 14.1. The molecule has 116 valence electrons. The first kappa shape index (κ1) is 16.2. The van der Waals surface area contributed by atoms with Crippen LogP contribution in [0.1, 0.15) is 60.8 Å². The summed E-state index contributed by atoms with van der Waals surface area (Å²) < 4.78 is 6.98. The Morgan fingerprint density at radius 1 is 1.00 bits per heavy atom. The van der Waals surface area contributed by atoms with Crippen molar-refractivity contribution in [3.8, 4) is 0 Å². The van der Waals surface area contributed by atoms with E-state index in [4.69, 9.17) is 4.43 Å². The van der Waals surface area contributed by atoms with Crippen LogP contribution in [0.25, 0.3) is 0 Å². The summed E-state index contributed by atoms with van der Waals surface area (Å²) in [6.07, 6.45) is 5.14. The highest BCUT2D eigenvalue weighted by molar-refractivity contribution is 6.77. The lowest BCUT2D eigenvalue weighted by Crippen LogP contribution is -2.51. The molecule has 0 aliphatic heterocycles. The van der Waals surface area contributed by atoms with Gasteiger partial charge in [0.1, 0.15) is 6.29 Å². The van der Waals surface area contributed by atoms with Crippen LogP contribution in [-0.4, -0.2) is 20.7 Å². The average Bonchev–Trinajstić information content (AvgIpc) is 2.90. The number of fused-ring (bicyclic) bond motifs is 2. The predicted molar refractivity (Wildman–Crippen MR) is 86.3 cm³/mol. The highest BCUT2D eigenvalue weighted by Crippen LogP contribution is 2.53. The van der Waals surface area contributed by atoms with Gasteiger partial charge < -0.3 is 9.22 Å². The standard InChI is InChI=1S/C17H32O2Si/c1-11(2)20(12(3)4,13(5)6)19-17-14-7-8-16(17)15(9-14)10-18/h10-17H,7-9H2,1-6H3/t14-,15-,16+,17+/m1/s1. The Hall–Kier alpha value is -0.153. The van der Waals surface area contributed by atoms with Gasteiger partial charge in [-0.05, 0) is 47.7 Å². The normalized spacial score (nSPS) is 33.6. The van der Waals surface area contributed by atoms with Gasteiger partial charge in [0.05, 0.1) is 6.10 Å². The van der Waals surface area contributed by atoms with E-state index in [-0.39, 0.29) is 5.92 Å². The highest BCUT2D eigenvalue weighted by Gasteiger charge is 2.54. The van der Waals surface area contributed by atoms with Crippen molar-refractivity contribution < 1.29 is 9.22 Å². The molecule has 0 aromatic carbocycles. The minimum atomic E-state index is -1.79. The molecule has 2 aliphatic carbocycles. The molecule has 0 saturated heterocycles.